The Morgan fingerprint density at radius 3 is 2.71 bits per heavy atom. The molecule has 0 bridgehead atoms. The van der Waals surface area contributed by atoms with Gasteiger partial charge in [0.05, 0.1) is 5.56 Å². The topological polar surface area (TPSA) is 40.5 Å². The van der Waals surface area contributed by atoms with Crippen LogP contribution in [-0.4, -0.2) is 42.4 Å². The number of aromatic carboxylic acids is 1. The maximum atomic E-state index is 13.5. The lowest BCUT2D eigenvalue weighted by molar-refractivity contribution is 0.0696. The second-order valence-electron chi connectivity index (χ2n) is 3.97. The number of carboxylic acid groups (broad SMARTS) is 1. The number of nitrogens with zero attached hydrogens (tertiary/aromatic N) is 1. The van der Waals surface area contributed by atoms with Gasteiger partial charge in [-0.2, -0.15) is 11.8 Å². The molecule has 1 N–H and O–H groups in total. The Morgan fingerprint density at radius 1 is 1.47 bits per heavy atom. The molecule has 94 valence electrons. The molecule has 0 atom stereocenters. The van der Waals surface area contributed by atoms with Crippen LogP contribution in [0, 0.1) is 5.82 Å². The van der Waals surface area contributed by atoms with Gasteiger partial charge in [-0.05, 0) is 31.8 Å². The van der Waals surface area contributed by atoms with Crippen molar-refractivity contribution >= 4 is 17.7 Å². The molecule has 5 heteroatoms. The number of rotatable bonds is 6. The fourth-order valence-corrected chi connectivity index (χ4v) is 2.32. The fraction of sp³-hybridized carbons (Fsp3) is 0.417. The summed E-state index contributed by atoms with van der Waals surface area (Å²) in [5.41, 5.74) is 0.545. The first-order valence-electron chi connectivity index (χ1n) is 5.25. The Bertz CT molecular complexity index is 396. The quantitative estimate of drug-likeness (QED) is 0.794. The maximum Gasteiger partial charge on any atom is 0.335 e. The summed E-state index contributed by atoms with van der Waals surface area (Å²) in [6.07, 6.45) is 0. The summed E-state index contributed by atoms with van der Waals surface area (Å²) in [7, 11) is 3.98. The number of hydrogen-bond acceptors (Lipinski definition) is 3. The van der Waals surface area contributed by atoms with Gasteiger partial charge < -0.3 is 10.0 Å². The lowest BCUT2D eigenvalue weighted by atomic mass is 10.1. The Kier molecular flexibility index (Phi) is 5.44. The molecule has 0 aliphatic rings. The van der Waals surface area contributed by atoms with Crippen LogP contribution < -0.4 is 0 Å². The van der Waals surface area contributed by atoms with E-state index in [1.807, 2.05) is 14.1 Å². The van der Waals surface area contributed by atoms with Crippen LogP contribution in [0.15, 0.2) is 18.2 Å². The van der Waals surface area contributed by atoms with Crippen molar-refractivity contribution in [3.8, 4) is 0 Å². The maximum absolute atomic E-state index is 13.5. The minimum atomic E-state index is -1.10. The molecule has 0 amide bonds. The van der Waals surface area contributed by atoms with E-state index in [4.69, 9.17) is 5.11 Å². The van der Waals surface area contributed by atoms with Crippen LogP contribution in [0.25, 0.3) is 0 Å². The molecular formula is C12H16FNO2S. The van der Waals surface area contributed by atoms with E-state index in [0.29, 0.717) is 11.3 Å². The normalized spacial score (nSPS) is 10.8. The zero-order valence-electron chi connectivity index (χ0n) is 9.94. The van der Waals surface area contributed by atoms with Crippen molar-refractivity contribution < 1.29 is 14.3 Å². The van der Waals surface area contributed by atoms with Gasteiger partial charge in [0.2, 0.25) is 0 Å². The van der Waals surface area contributed by atoms with Crippen LogP contribution >= 0.6 is 11.8 Å². The molecule has 0 saturated carbocycles. The van der Waals surface area contributed by atoms with Crippen molar-refractivity contribution in [3.63, 3.8) is 0 Å². The molecule has 0 saturated heterocycles. The number of benzene rings is 1. The third-order valence-corrected chi connectivity index (χ3v) is 3.23. The van der Waals surface area contributed by atoms with Crippen LogP contribution in [0.5, 0.6) is 0 Å². The summed E-state index contributed by atoms with van der Waals surface area (Å²) >= 11 is 1.63. The van der Waals surface area contributed by atoms with Gasteiger partial charge >= 0.3 is 5.97 Å². The molecule has 0 unspecified atom stereocenters. The van der Waals surface area contributed by atoms with Crippen molar-refractivity contribution in [2.75, 3.05) is 26.4 Å². The van der Waals surface area contributed by atoms with Crippen molar-refractivity contribution in [1.29, 1.82) is 0 Å². The van der Waals surface area contributed by atoms with Gasteiger partial charge in [-0.1, -0.05) is 6.07 Å². The summed E-state index contributed by atoms with van der Waals surface area (Å²) in [4.78, 5) is 12.7. The standard InChI is InChI=1S/C12H16FNO2S/c1-14(2)5-6-17-8-10-4-3-9(12(15)16)7-11(10)13/h3-4,7H,5-6,8H2,1-2H3,(H,15,16). The van der Waals surface area contributed by atoms with Crippen molar-refractivity contribution in [2.24, 2.45) is 0 Å². The lowest BCUT2D eigenvalue weighted by Crippen LogP contribution is -2.14. The third kappa shape index (κ3) is 4.75. The number of carbonyl (C=O) groups is 1. The van der Waals surface area contributed by atoms with Crippen molar-refractivity contribution in [3.05, 3.63) is 35.1 Å². The van der Waals surface area contributed by atoms with Crippen molar-refractivity contribution in [1.82, 2.24) is 4.90 Å². The molecular weight excluding hydrogens is 241 g/mol. The van der Waals surface area contributed by atoms with E-state index in [1.54, 1.807) is 17.8 Å². The highest BCUT2D eigenvalue weighted by atomic mass is 32.2. The third-order valence-electron chi connectivity index (χ3n) is 2.24. The van der Waals surface area contributed by atoms with E-state index in [-0.39, 0.29) is 5.56 Å². The van der Waals surface area contributed by atoms with Gasteiger partial charge in [0.25, 0.3) is 0 Å². The average molecular weight is 257 g/mol. The zero-order valence-corrected chi connectivity index (χ0v) is 10.8. The van der Waals surface area contributed by atoms with E-state index in [9.17, 15) is 9.18 Å². The van der Waals surface area contributed by atoms with E-state index >= 15 is 0 Å². The van der Waals surface area contributed by atoms with E-state index < -0.39 is 11.8 Å². The number of carboxylic acids is 1. The molecule has 0 heterocycles. The molecule has 0 spiro atoms. The Hall–Kier alpha value is -1.07. The second kappa shape index (κ2) is 6.61. The predicted molar refractivity (Wildman–Crippen MR) is 68.1 cm³/mol. The highest BCUT2D eigenvalue weighted by Crippen LogP contribution is 2.17. The van der Waals surface area contributed by atoms with Gasteiger partial charge in [0.1, 0.15) is 5.82 Å². The number of hydrogen-bond donors (Lipinski definition) is 1. The molecule has 3 nitrogen and oxygen atoms in total. The SMILES string of the molecule is CN(C)CCSCc1ccc(C(=O)O)cc1F. The monoisotopic (exact) mass is 257 g/mol. The van der Waals surface area contributed by atoms with Crippen molar-refractivity contribution in [2.45, 2.75) is 5.75 Å². The predicted octanol–water partition coefficient (Wildman–Crippen LogP) is 2.32. The summed E-state index contributed by atoms with van der Waals surface area (Å²) in [5, 5.41) is 8.70. The lowest BCUT2D eigenvalue weighted by Gasteiger charge is -2.09. The van der Waals surface area contributed by atoms with Gasteiger partial charge in [0, 0.05) is 18.1 Å². The fourth-order valence-electron chi connectivity index (χ4n) is 1.23. The molecule has 1 rings (SSSR count). The second-order valence-corrected chi connectivity index (χ2v) is 5.07. The summed E-state index contributed by atoms with van der Waals surface area (Å²) in [5.74, 6) is -0.0508. The smallest absolute Gasteiger partial charge is 0.335 e. The molecule has 17 heavy (non-hydrogen) atoms. The minimum Gasteiger partial charge on any atom is -0.478 e. The molecule has 0 fully saturated rings. The highest BCUT2D eigenvalue weighted by Gasteiger charge is 2.08. The molecule has 0 aliphatic heterocycles. The van der Waals surface area contributed by atoms with Gasteiger partial charge in [-0.25, -0.2) is 9.18 Å². The zero-order chi connectivity index (χ0) is 12.8. The summed E-state index contributed by atoms with van der Waals surface area (Å²) in [6, 6.07) is 4.05. The minimum absolute atomic E-state index is 0.00968. The Morgan fingerprint density at radius 2 is 2.18 bits per heavy atom. The van der Waals surface area contributed by atoms with Gasteiger partial charge in [0.15, 0.2) is 0 Å². The molecule has 1 aromatic rings. The first-order chi connectivity index (χ1) is 8.00. The number of halogens is 1. The molecule has 0 aromatic heterocycles. The van der Waals surface area contributed by atoms with E-state index in [0.717, 1.165) is 18.4 Å². The Balaban J connectivity index is 2.52. The van der Waals surface area contributed by atoms with Crippen LogP contribution in [0.4, 0.5) is 4.39 Å². The van der Waals surface area contributed by atoms with Gasteiger partial charge in [-0.15, -0.1) is 0 Å². The molecule has 0 aliphatic carbocycles. The summed E-state index contributed by atoms with van der Waals surface area (Å²) < 4.78 is 13.5. The van der Waals surface area contributed by atoms with Crippen LogP contribution in [0.1, 0.15) is 15.9 Å². The highest BCUT2D eigenvalue weighted by molar-refractivity contribution is 7.98. The van der Waals surface area contributed by atoms with Gasteiger partial charge in [-0.3, -0.25) is 0 Å². The largest absolute Gasteiger partial charge is 0.478 e. The number of thioether (sulfide) groups is 1. The molecule has 1 aromatic carbocycles. The van der Waals surface area contributed by atoms with Crippen LogP contribution in [-0.2, 0) is 5.75 Å². The molecule has 0 radical (unpaired) electrons. The van der Waals surface area contributed by atoms with E-state index in [1.165, 1.54) is 6.07 Å². The van der Waals surface area contributed by atoms with E-state index in [2.05, 4.69) is 4.90 Å². The van der Waals surface area contributed by atoms with Crippen LogP contribution in [0.2, 0.25) is 0 Å². The summed E-state index contributed by atoms with van der Waals surface area (Å²) in [6.45, 7) is 0.944. The average Bonchev–Trinajstić information content (AvgIpc) is 2.25. The first kappa shape index (κ1) is 14.0. The Labute approximate surface area is 105 Å². The first-order valence-corrected chi connectivity index (χ1v) is 6.40. The van der Waals surface area contributed by atoms with Crippen LogP contribution in [0.3, 0.4) is 0 Å².